The smallest absolute Gasteiger partial charge is 0.315 e. The number of rotatable bonds is 2. The molecule has 0 radical (unpaired) electrons. The molecule has 0 saturated heterocycles. The molecule has 0 bridgehead atoms. The third-order valence-electron chi connectivity index (χ3n) is 2.95. The Morgan fingerprint density at radius 1 is 1.47 bits per heavy atom. The zero-order valence-corrected chi connectivity index (χ0v) is 9.31. The molecule has 1 aromatic carbocycles. The molecule has 90 valence electrons. The zero-order chi connectivity index (χ0) is 12.6. The van der Waals surface area contributed by atoms with Crippen molar-refractivity contribution < 1.29 is 19.1 Å². The van der Waals surface area contributed by atoms with Gasteiger partial charge in [0.15, 0.2) is 0 Å². The Morgan fingerprint density at radius 3 is 2.82 bits per heavy atom. The highest BCUT2D eigenvalue weighted by Gasteiger charge is 2.33. The predicted octanol–water partition coefficient (Wildman–Crippen LogP) is 1.44. The van der Waals surface area contributed by atoms with Crippen molar-refractivity contribution in [2.45, 2.75) is 13.3 Å². The summed E-state index contributed by atoms with van der Waals surface area (Å²) in [5, 5.41) is 8.79. The molecule has 1 atom stereocenters. The van der Waals surface area contributed by atoms with Crippen LogP contribution in [0.5, 0.6) is 0 Å². The standard InChI is InChI=1S/C12H12FNO3/c1-7(12(16)17)11(15)14-6-5-8-3-2-4-9(13)10(8)14/h2-4,7H,5-6H2,1H3,(H,16,17). The molecule has 0 spiro atoms. The van der Waals surface area contributed by atoms with Gasteiger partial charge in [0.1, 0.15) is 11.7 Å². The average Bonchev–Trinajstić information content (AvgIpc) is 2.72. The number of anilines is 1. The van der Waals surface area contributed by atoms with Crippen molar-refractivity contribution in [3.8, 4) is 0 Å². The first kappa shape index (κ1) is 11.6. The van der Waals surface area contributed by atoms with Crippen LogP contribution in [-0.4, -0.2) is 23.5 Å². The summed E-state index contributed by atoms with van der Waals surface area (Å²) in [6, 6.07) is 4.61. The summed E-state index contributed by atoms with van der Waals surface area (Å²) < 4.78 is 13.6. The first-order valence-corrected chi connectivity index (χ1v) is 5.34. The van der Waals surface area contributed by atoms with Crippen molar-refractivity contribution in [2.24, 2.45) is 5.92 Å². The van der Waals surface area contributed by atoms with E-state index in [1.54, 1.807) is 12.1 Å². The Kier molecular flexibility index (Phi) is 2.83. The molecule has 2 rings (SSSR count). The number of fused-ring (bicyclic) bond motifs is 1. The van der Waals surface area contributed by atoms with E-state index in [0.717, 1.165) is 5.56 Å². The second-order valence-corrected chi connectivity index (χ2v) is 4.05. The molecule has 1 aromatic rings. The van der Waals surface area contributed by atoms with E-state index >= 15 is 0 Å². The van der Waals surface area contributed by atoms with Crippen LogP contribution in [0.2, 0.25) is 0 Å². The lowest BCUT2D eigenvalue weighted by atomic mass is 10.1. The lowest BCUT2D eigenvalue weighted by molar-refractivity contribution is -0.145. The highest BCUT2D eigenvalue weighted by Crippen LogP contribution is 2.31. The Balaban J connectivity index is 2.34. The van der Waals surface area contributed by atoms with Crippen molar-refractivity contribution >= 4 is 17.6 Å². The summed E-state index contributed by atoms with van der Waals surface area (Å²) in [6.07, 6.45) is 0.561. The van der Waals surface area contributed by atoms with E-state index in [-0.39, 0.29) is 5.69 Å². The lowest BCUT2D eigenvalue weighted by Gasteiger charge is -2.19. The van der Waals surface area contributed by atoms with E-state index in [1.165, 1.54) is 17.9 Å². The number of para-hydroxylation sites is 1. The molecule has 17 heavy (non-hydrogen) atoms. The maximum atomic E-state index is 13.6. The van der Waals surface area contributed by atoms with Crippen LogP contribution in [0.15, 0.2) is 18.2 Å². The third kappa shape index (κ3) is 1.88. The monoisotopic (exact) mass is 237 g/mol. The summed E-state index contributed by atoms with van der Waals surface area (Å²) in [6.45, 7) is 1.65. The van der Waals surface area contributed by atoms with Gasteiger partial charge >= 0.3 is 5.97 Å². The van der Waals surface area contributed by atoms with E-state index in [1.807, 2.05) is 0 Å². The number of hydrogen-bond acceptors (Lipinski definition) is 2. The van der Waals surface area contributed by atoms with Crippen LogP contribution in [0.4, 0.5) is 10.1 Å². The normalized spacial score (nSPS) is 15.5. The molecule has 1 N–H and O–H groups in total. The number of carboxylic acid groups (broad SMARTS) is 1. The van der Waals surface area contributed by atoms with Gasteiger partial charge in [-0.25, -0.2) is 4.39 Å². The van der Waals surface area contributed by atoms with Crippen molar-refractivity contribution in [3.05, 3.63) is 29.6 Å². The average molecular weight is 237 g/mol. The van der Waals surface area contributed by atoms with E-state index in [4.69, 9.17) is 5.11 Å². The number of carboxylic acids is 1. The summed E-state index contributed by atoms with van der Waals surface area (Å²) in [7, 11) is 0. The molecule has 0 aromatic heterocycles. The summed E-state index contributed by atoms with van der Waals surface area (Å²) >= 11 is 0. The van der Waals surface area contributed by atoms with Crippen LogP contribution >= 0.6 is 0 Å². The molecule has 1 heterocycles. The number of halogens is 1. The molecule has 5 heteroatoms. The minimum atomic E-state index is -1.19. The second kappa shape index (κ2) is 4.16. The van der Waals surface area contributed by atoms with E-state index in [9.17, 15) is 14.0 Å². The fraction of sp³-hybridized carbons (Fsp3) is 0.333. The predicted molar refractivity (Wildman–Crippen MR) is 59.3 cm³/mol. The lowest BCUT2D eigenvalue weighted by Crippen LogP contribution is -2.37. The van der Waals surface area contributed by atoms with E-state index in [0.29, 0.717) is 13.0 Å². The van der Waals surface area contributed by atoms with Gasteiger partial charge in [0.05, 0.1) is 5.69 Å². The Bertz CT molecular complexity index is 487. The minimum Gasteiger partial charge on any atom is -0.481 e. The highest BCUT2D eigenvalue weighted by molar-refractivity contribution is 6.06. The van der Waals surface area contributed by atoms with Crippen LogP contribution in [0.3, 0.4) is 0 Å². The largest absolute Gasteiger partial charge is 0.481 e. The molecule has 1 unspecified atom stereocenters. The number of benzene rings is 1. The first-order chi connectivity index (χ1) is 8.02. The second-order valence-electron chi connectivity index (χ2n) is 4.05. The summed E-state index contributed by atoms with van der Waals surface area (Å²) in [4.78, 5) is 23.9. The minimum absolute atomic E-state index is 0.227. The summed E-state index contributed by atoms with van der Waals surface area (Å²) in [5.74, 6) is -3.40. The van der Waals surface area contributed by atoms with Gasteiger partial charge in [-0.05, 0) is 25.0 Å². The van der Waals surface area contributed by atoms with Crippen molar-refractivity contribution in [1.82, 2.24) is 0 Å². The van der Waals surface area contributed by atoms with Crippen molar-refractivity contribution in [3.63, 3.8) is 0 Å². The maximum absolute atomic E-state index is 13.6. The number of aliphatic carboxylic acids is 1. The van der Waals surface area contributed by atoms with Gasteiger partial charge in [-0.15, -0.1) is 0 Å². The van der Waals surface area contributed by atoms with Gasteiger partial charge in [-0.2, -0.15) is 0 Å². The van der Waals surface area contributed by atoms with Crippen molar-refractivity contribution in [1.29, 1.82) is 0 Å². The summed E-state index contributed by atoms with van der Waals surface area (Å²) in [5.41, 5.74) is 0.974. The number of amides is 1. The molecule has 4 nitrogen and oxygen atoms in total. The van der Waals surface area contributed by atoms with E-state index < -0.39 is 23.6 Å². The SMILES string of the molecule is CC(C(=O)O)C(=O)N1CCc2cccc(F)c21. The molecule has 0 saturated carbocycles. The number of nitrogens with zero attached hydrogens (tertiary/aromatic N) is 1. The maximum Gasteiger partial charge on any atom is 0.315 e. The molecule has 1 aliphatic heterocycles. The zero-order valence-electron chi connectivity index (χ0n) is 9.31. The number of carbonyl (C=O) groups excluding carboxylic acids is 1. The fourth-order valence-corrected chi connectivity index (χ4v) is 1.97. The topological polar surface area (TPSA) is 57.6 Å². The highest BCUT2D eigenvalue weighted by atomic mass is 19.1. The van der Waals surface area contributed by atoms with Gasteiger partial charge in [-0.1, -0.05) is 12.1 Å². The Hall–Kier alpha value is -1.91. The Labute approximate surface area is 97.7 Å². The number of carbonyl (C=O) groups is 2. The van der Waals surface area contributed by atoms with E-state index in [2.05, 4.69) is 0 Å². The van der Waals surface area contributed by atoms with Gasteiger partial charge in [0, 0.05) is 6.54 Å². The molecule has 1 amide bonds. The molecule has 0 fully saturated rings. The van der Waals surface area contributed by atoms with Gasteiger partial charge < -0.3 is 10.0 Å². The van der Waals surface area contributed by atoms with Crippen LogP contribution in [0.25, 0.3) is 0 Å². The van der Waals surface area contributed by atoms with Crippen LogP contribution in [-0.2, 0) is 16.0 Å². The van der Waals surface area contributed by atoms with Gasteiger partial charge in [-0.3, -0.25) is 9.59 Å². The van der Waals surface area contributed by atoms with Crippen LogP contribution < -0.4 is 4.90 Å². The Morgan fingerprint density at radius 2 is 2.18 bits per heavy atom. The van der Waals surface area contributed by atoms with Crippen LogP contribution in [0.1, 0.15) is 12.5 Å². The quantitative estimate of drug-likeness (QED) is 0.792. The fourth-order valence-electron chi connectivity index (χ4n) is 1.97. The molecular formula is C12H12FNO3. The molecular weight excluding hydrogens is 225 g/mol. The van der Waals surface area contributed by atoms with Gasteiger partial charge in [0.25, 0.3) is 0 Å². The van der Waals surface area contributed by atoms with Crippen LogP contribution in [0, 0.1) is 11.7 Å². The van der Waals surface area contributed by atoms with Crippen molar-refractivity contribution in [2.75, 3.05) is 11.4 Å². The molecule has 0 aliphatic carbocycles. The van der Waals surface area contributed by atoms with Gasteiger partial charge in [0.2, 0.25) is 5.91 Å². The third-order valence-corrected chi connectivity index (χ3v) is 2.95. The first-order valence-electron chi connectivity index (χ1n) is 5.34. The number of hydrogen-bond donors (Lipinski definition) is 1. The molecule has 1 aliphatic rings.